The van der Waals surface area contributed by atoms with E-state index >= 15 is 0 Å². The molecule has 0 spiro atoms. The highest BCUT2D eigenvalue weighted by atomic mass is 32.2. The summed E-state index contributed by atoms with van der Waals surface area (Å²) in [6, 6.07) is 20.9. The van der Waals surface area contributed by atoms with Crippen LogP contribution in [0, 0.1) is 0 Å². The number of nitrogens with zero attached hydrogens (tertiary/aromatic N) is 4. The van der Waals surface area contributed by atoms with E-state index in [1.54, 1.807) is 26.3 Å². The van der Waals surface area contributed by atoms with E-state index in [-0.39, 0.29) is 17.7 Å². The molecule has 1 aliphatic rings. The fraction of sp³-hybridized carbons (Fsp3) is 0.214. The number of amides is 1. The zero-order valence-electron chi connectivity index (χ0n) is 20.7. The van der Waals surface area contributed by atoms with Crippen LogP contribution in [-0.4, -0.2) is 53.7 Å². The third kappa shape index (κ3) is 5.08. The molecule has 1 amide bonds. The van der Waals surface area contributed by atoms with E-state index in [4.69, 9.17) is 19.3 Å². The van der Waals surface area contributed by atoms with Crippen LogP contribution in [0.4, 0.5) is 0 Å². The smallest absolute Gasteiger partial charge is 0.253 e. The highest BCUT2D eigenvalue weighted by molar-refractivity contribution is 8.00. The third-order valence-electron chi connectivity index (χ3n) is 6.22. The standard InChI is InChI=1S/C28H26N4O4S/c1-34-20-11-8-18(9-12-20)23-15-24(19-10-13-25(35-2)26(14-19)36-3)32(31-23)27(33)16-37-28-21-6-4-5-7-22(21)29-17-30-28/h4-14,17,24H,15-16H2,1-3H3. The molecule has 0 saturated carbocycles. The van der Waals surface area contributed by atoms with Crippen molar-refractivity contribution >= 4 is 34.3 Å². The molecule has 37 heavy (non-hydrogen) atoms. The van der Waals surface area contributed by atoms with Gasteiger partial charge in [-0.25, -0.2) is 15.0 Å². The lowest BCUT2D eigenvalue weighted by molar-refractivity contribution is -0.130. The van der Waals surface area contributed by atoms with Crippen LogP contribution < -0.4 is 14.2 Å². The molecule has 2 heterocycles. The van der Waals surface area contributed by atoms with Gasteiger partial charge in [-0.2, -0.15) is 5.10 Å². The van der Waals surface area contributed by atoms with E-state index in [1.807, 2.05) is 66.7 Å². The molecule has 0 saturated heterocycles. The van der Waals surface area contributed by atoms with Gasteiger partial charge in [-0.3, -0.25) is 4.79 Å². The van der Waals surface area contributed by atoms with Crippen LogP contribution in [0.15, 0.2) is 83.2 Å². The van der Waals surface area contributed by atoms with Gasteiger partial charge in [-0.05, 0) is 53.6 Å². The van der Waals surface area contributed by atoms with E-state index in [1.165, 1.54) is 18.1 Å². The summed E-state index contributed by atoms with van der Waals surface area (Å²) >= 11 is 1.38. The summed E-state index contributed by atoms with van der Waals surface area (Å²) in [4.78, 5) is 22.3. The van der Waals surface area contributed by atoms with Gasteiger partial charge < -0.3 is 14.2 Å². The van der Waals surface area contributed by atoms with Crippen LogP contribution in [0.5, 0.6) is 17.2 Å². The Kier molecular flexibility index (Phi) is 7.23. The van der Waals surface area contributed by atoms with Gasteiger partial charge in [0.1, 0.15) is 17.1 Å². The number of methoxy groups -OCH3 is 3. The lowest BCUT2D eigenvalue weighted by atomic mass is 9.98. The Morgan fingerprint density at radius 1 is 0.946 bits per heavy atom. The van der Waals surface area contributed by atoms with Crippen molar-refractivity contribution in [2.45, 2.75) is 17.5 Å². The topological polar surface area (TPSA) is 86.1 Å². The summed E-state index contributed by atoms with van der Waals surface area (Å²) in [7, 11) is 4.83. The molecule has 1 unspecified atom stereocenters. The van der Waals surface area contributed by atoms with Crippen LogP contribution in [0.2, 0.25) is 0 Å². The molecule has 0 N–H and O–H groups in total. The Balaban J connectivity index is 1.44. The fourth-order valence-corrected chi connectivity index (χ4v) is 5.15. The molecule has 188 valence electrons. The number of carbonyl (C=O) groups excluding carboxylic acids is 1. The number of hydrogen-bond donors (Lipinski definition) is 0. The fourth-order valence-electron chi connectivity index (χ4n) is 4.31. The number of rotatable bonds is 8. The van der Waals surface area contributed by atoms with Crippen molar-refractivity contribution in [2.24, 2.45) is 5.10 Å². The number of aromatic nitrogens is 2. The van der Waals surface area contributed by atoms with Crippen LogP contribution in [-0.2, 0) is 4.79 Å². The van der Waals surface area contributed by atoms with Crippen LogP contribution in [0.25, 0.3) is 10.9 Å². The van der Waals surface area contributed by atoms with Crippen LogP contribution >= 0.6 is 11.8 Å². The molecule has 5 rings (SSSR count). The largest absolute Gasteiger partial charge is 0.497 e. The summed E-state index contributed by atoms with van der Waals surface area (Å²) in [5.74, 6) is 2.07. The Hall–Kier alpha value is -4.11. The summed E-state index contributed by atoms with van der Waals surface area (Å²) in [6.07, 6.45) is 2.09. The zero-order chi connectivity index (χ0) is 25.8. The lowest BCUT2D eigenvalue weighted by Gasteiger charge is -2.23. The van der Waals surface area contributed by atoms with Gasteiger partial charge in [0.15, 0.2) is 11.5 Å². The minimum Gasteiger partial charge on any atom is -0.497 e. The minimum absolute atomic E-state index is 0.115. The Bertz CT molecular complexity index is 1450. The van der Waals surface area contributed by atoms with Gasteiger partial charge in [0.25, 0.3) is 5.91 Å². The van der Waals surface area contributed by atoms with E-state index < -0.39 is 0 Å². The quantitative estimate of drug-likeness (QED) is 0.238. The van der Waals surface area contributed by atoms with Crippen molar-refractivity contribution in [3.8, 4) is 17.2 Å². The van der Waals surface area contributed by atoms with Crippen molar-refractivity contribution in [3.05, 3.63) is 84.2 Å². The first-order chi connectivity index (χ1) is 18.1. The van der Waals surface area contributed by atoms with Crippen molar-refractivity contribution in [2.75, 3.05) is 27.1 Å². The zero-order valence-corrected chi connectivity index (χ0v) is 21.6. The second kappa shape index (κ2) is 10.9. The van der Waals surface area contributed by atoms with Crippen molar-refractivity contribution < 1.29 is 19.0 Å². The van der Waals surface area contributed by atoms with Crippen LogP contribution in [0.1, 0.15) is 23.6 Å². The molecular formula is C28H26N4O4S. The second-order valence-electron chi connectivity index (χ2n) is 8.33. The van der Waals surface area contributed by atoms with Gasteiger partial charge in [0, 0.05) is 11.8 Å². The summed E-state index contributed by atoms with van der Waals surface area (Å²) in [5.41, 5.74) is 3.52. The Morgan fingerprint density at radius 2 is 1.73 bits per heavy atom. The Morgan fingerprint density at radius 3 is 2.49 bits per heavy atom. The first-order valence-electron chi connectivity index (χ1n) is 11.7. The second-order valence-corrected chi connectivity index (χ2v) is 9.30. The molecule has 1 aromatic heterocycles. The number of hydrogen-bond acceptors (Lipinski definition) is 8. The normalized spacial score (nSPS) is 14.9. The third-order valence-corrected chi connectivity index (χ3v) is 7.21. The van der Waals surface area contributed by atoms with Gasteiger partial charge >= 0.3 is 0 Å². The number of carbonyl (C=O) groups is 1. The monoisotopic (exact) mass is 514 g/mol. The summed E-state index contributed by atoms with van der Waals surface area (Å²) in [5, 5.41) is 8.05. The average molecular weight is 515 g/mol. The molecule has 0 fully saturated rings. The molecule has 3 aromatic carbocycles. The first kappa shape index (κ1) is 24.6. The number of fused-ring (bicyclic) bond motifs is 1. The summed E-state index contributed by atoms with van der Waals surface area (Å²) < 4.78 is 16.2. The maximum absolute atomic E-state index is 13.6. The maximum Gasteiger partial charge on any atom is 0.253 e. The molecule has 0 aliphatic carbocycles. The van der Waals surface area contributed by atoms with Gasteiger partial charge in [0.2, 0.25) is 0 Å². The predicted molar refractivity (Wildman–Crippen MR) is 144 cm³/mol. The Labute approximate surface area is 219 Å². The van der Waals surface area contributed by atoms with E-state index in [9.17, 15) is 4.79 Å². The van der Waals surface area contributed by atoms with Crippen LogP contribution in [0.3, 0.4) is 0 Å². The van der Waals surface area contributed by atoms with Gasteiger partial charge in [-0.15, -0.1) is 0 Å². The SMILES string of the molecule is COc1ccc(C2=NN(C(=O)CSc3ncnc4ccccc34)C(c3ccc(OC)c(OC)c3)C2)cc1. The molecule has 0 bridgehead atoms. The average Bonchev–Trinajstić information content (AvgIpc) is 3.41. The van der Waals surface area contributed by atoms with Gasteiger partial charge in [0.05, 0.1) is 44.4 Å². The highest BCUT2D eigenvalue weighted by Crippen LogP contribution is 2.38. The number of para-hydroxylation sites is 1. The van der Waals surface area contributed by atoms with E-state index in [0.717, 1.165) is 38.5 Å². The number of thioether (sulfide) groups is 1. The number of hydrazone groups is 1. The van der Waals surface area contributed by atoms with Gasteiger partial charge in [-0.1, -0.05) is 36.0 Å². The van der Waals surface area contributed by atoms with Crippen molar-refractivity contribution in [1.29, 1.82) is 0 Å². The first-order valence-corrected chi connectivity index (χ1v) is 12.7. The molecule has 0 radical (unpaired) electrons. The molecule has 4 aromatic rings. The van der Waals surface area contributed by atoms with Crippen molar-refractivity contribution in [3.63, 3.8) is 0 Å². The van der Waals surface area contributed by atoms with Crippen molar-refractivity contribution in [1.82, 2.24) is 15.0 Å². The summed E-state index contributed by atoms with van der Waals surface area (Å²) in [6.45, 7) is 0. The maximum atomic E-state index is 13.6. The molecular weight excluding hydrogens is 488 g/mol. The number of ether oxygens (including phenoxy) is 3. The molecule has 8 nitrogen and oxygen atoms in total. The molecule has 1 aliphatic heterocycles. The van der Waals surface area contributed by atoms with E-state index in [0.29, 0.717) is 17.9 Å². The molecule has 9 heteroatoms. The van der Waals surface area contributed by atoms with E-state index in [2.05, 4.69) is 9.97 Å². The number of benzene rings is 3. The lowest BCUT2D eigenvalue weighted by Crippen LogP contribution is -2.28. The minimum atomic E-state index is -0.285. The highest BCUT2D eigenvalue weighted by Gasteiger charge is 2.33. The predicted octanol–water partition coefficient (Wildman–Crippen LogP) is 5.13. The molecule has 1 atom stereocenters.